The second kappa shape index (κ2) is 18.6. The highest BCUT2D eigenvalue weighted by molar-refractivity contribution is 9.10. The lowest BCUT2D eigenvalue weighted by atomic mass is 10.00. The molecule has 0 bridgehead atoms. The summed E-state index contributed by atoms with van der Waals surface area (Å²) in [4.78, 5) is 0. The third kappa shape index (κ3) is 11.6. The molecule has 3 aromatic carbocycles. The largest absolute Gasteiger partial charge is 0.493 e. The van der Waals surface area contributed by atoms with Crippen LogP contribution in [0.3, 0.4) is 0 Å². The predicted octanol–water partition coefficient (Wildman–Crippen LogP) is 12.0. The predicted molar refractivity (Wildman–Crippen MR) is 182 cm³/mol. The van der Waals surface area contributed by atoms with E-state index in [0.717, 1.165) is 58.7 Å². The molecular weight excluding hydrogens is 568 g/mol. The Bertz CT molecular complexity index is 1200. The number of hydrogen-bond acceptors (Lipinski definition) is 2. The first-order valence-electron chi connectivity index (χ1n) is 15.7. The molecule has 220 valence electrons. The fourth-order valence-corrected chi connectivity index (χ4v) is 5.09. The Hall–Kier alpha value is -2.78. The molecule has 0 heterocycles. The van der Waals surface area contributed by atoms with Crippen LogP contribution in [0.2, 0.25) is 0 Å². The van der Waals surface area contributed by atoms with Crippen molar-refractivity contribution in [2.24, 2.45) is 11.8 Å². The zero-order valence-electron chi connectivity index (χ0n) is 25.6. The highest BCUT2D eigenvalue weighted by Gasteiger charge is 2.14. The third-order valence-corrected chi connectivity index (χ3v) is 8.29. The van der Waals surface area contributed by atoms with Crippen LogP contribution in [0.25, 0.3) is 24.3 Å². The fraction of sp³-hybridized carbons (Fsp3) is 0.421. The van der Waals surface area contributed by atoms with Crippen molar-refractivity contribution in [3.63, 3.8) is 0 Å². The van der Waals surface area contributed by atoms with Crippen LogP contribution < -0.4 is 9.47 Å². The van der Waals surface area contributed by atoms with Crippen LogP contribution in [0.5, 0.6) is 11.5 Å². The van der Waals surface area contributed by atoms with E-state index >= 15 is 0 Å². The average Bonchev–Trinajstić information content (AvgIpc) is 3.01. The molecule has 2 atom stereocenters. The zero-order chi connectivity index (χ0) is 29.3. The second-order valence-corrected chi connectivity index (χ2v) is 11.9. The summed E-state index contributed by atoms with van der Waals surface area (Å²) < 4.78 is 14.3. The van der Waals surface area contributed by atoms with Gasteiger partial charge in [0.05, 0.1) is 13.2 Å². The van der Waals surface area contributed by atoms with E-state index in [-0.39, 0.29) is 0 Å². The van der Waals surface area contributed by atoms with Gasteiger partial charge in [-0.2, -0.15) is 0 Å². The summed E-state index contributed by atoms with van der Waals surface area (Å²) in [6.45, 7) is 10.5. The highest BCUT2D eigenvalue weighted by atomic mass is 79.9. The number of hydrogen-bond donors (Lipinski definition) is 0. The topological polar surface area (TPSA) is 18.5 Å². The number of benzene rings is 3. The van der Waals surface area contributed by atoms with Crippen molar-refractivity contribution in [2.45, 2.75) is 79.1 Å². The Labute approximate surface area is 258 Å². The second-order valence-electron chi connectivity index (χ2n) is 11.0. The Balaban J connectivity index is 1.99. The summed E-state index contributed by atoms with van der Waals surface area (Å²) >= 11 is 3.54. The van der Waals surface area contributed by atoms with E-state index in [2.05, 4.69) is 129 Å². The lowest BCUT2D eigenvalue weighted by Gasteiger charge is -2.20. The van der Waals surface area contributed by atoms with Gasteiger partial charge >= 0.3 is 0 Å². The Morgan fingerprint density at radius 3 is 1.51 bits per heavy atom. The molecule has 0 amide bonds. The minimum Gasteiger partial charge on any atom is -0.493 e. The molecule has 0 radical (unpaired) electrons. The average molecular weight is 618 g/mol. The van der Waals surface area contributed by atoms with E-state index < -0.39 is 0 Å². The van der Waals surface area contributed by atoms with Crippen LogP contribution >= 0.6 is 15.9 Å². The minimum atomic E-state index is 0.557. The Kier molecular flexibility index (Phi) is 14.9. The molecule has 0 aliphatic rings. The Morgan fingerprint density at radius 1 is 0.610 bits per heavy atom. The molecule has 0 fully saturated rings. The van der Waals surface area contributed by atoms with Gasteiger partial charge in [0.15, 0.2) is 0 Å². The number of ether oxygens (including phenoxy) is 2. The van der Waals surface area contributed by atoms with E-state index in [1.54, 1.807) is 0 Å². The molecule has 0 aliphatic carbocycles. The maximum atomic E-state index is 6.59. The van der Waals surface area contributed by atoms with Crippen molar-refractivity contribution < 1.29 is 9.47 Å². The van der Waals surface area contributed by atoms with E-state index in [9.17, 15) is 0 Å². The van der Waals surface area contributed by atoms with Crippen LogP contribution in [0, 0.1) is 11.8 Å². The normalized spacial score (nSPS) is 13.1. The summed E-state index contributed by atoms with van der Waals surface area (Å²) in [5, 5.41) is 0. The number of halogens is 1. The molecule has 3 heteroatoms. The molecule has 0 aromatic heterocycles. The molecule has 0 aliphatic heterocycles. The summed E-state index contributed by atoms with van der Waals surface area (Å²) in [6.07, 6.45) is 18.2. The smallest absolute Gasteiger partial charge is 0.127 e. The van der Waals surface area contributed by atoms with Crippen molar-refractivity contribution >= 4 is 40.2 Å². The quantitative estimate of drug-likeness (QED) is 0.132. The number of rotatable bonds is 18. The molecule has 0 saturated carbocycles. The van der Waals surface area contributed by atoms with Gasteiger partial charge in [0, 0.05) is 15.6 Å². The molecule has 3 aromatic rings. The van der Waals surface area contributed by atoms with E-state index in [1.807, 2.05) is 6.07 Å². The molecule has 0 N–H and O–H groups in total. The van der Waals surface area contributed by atoms with Crippen molar-refractivity contribution in [3.8, 4) is 11.5 Å². The molecule has 0 saturated heterocycles. The van der Waals surface area contributed by atoms with Crippen LogP contribution in [-0.4, -0.2) is 13.2 Å². The summed E-state index contributed by atoms with van der Waals surface area (Å²) in [7, 11) is 0. The first-order valence-corrected chi connectivity index (χ1v) is 16.5. The Morgan fingerprint density at radius 2 is 1.07 bits per heavy atom. The lowest BCUT2D eigenvalue weighted by molar-refractivity contribution is 0.227. The van der Waals surface area contributed by atoms with Gasteiger partial charge in [0.2, 0.25) is 0 Å². The minimum absolute atomic E-state index is 0.557. The van der Waals surface area contributed by atoms with Crippen LogP contribution in [0.4, 0.5) is 0 Å². The first-order chi connectivity index (χ1) is 20.1. The first kappa shape index (κ1) is 32.7. The van der Waals surface area contributed by atoms with Crippen LogP contribution in [-0.2, 0) is 0 Å². The van der Waals surface area contributed by atoms with Crippen LogP contribution in [0.1, 0.15) is 101 Å². The molecule has 2 nitrogen and oxygen atoms in total. The van der Waals surface area contributed by atoms with Gasteiger partial charge < -0.3 is 9.47 Å². The van der Waals surface area contributed by atoms with Gasteiger partial charge in [-0.3, -0.25) is 0 Å². The lowest BCUT2D eigenvalue weighted by Crippen LogP contribution is -2.13. The highest BCUT2D eigenvalue weighted by Crippen LogP contribution is 2.34. The molecule has 3 rings (SSSR count). The summed E-state index contributed by atoms with van der Waals surface area (Å²) in [6, 6.07) is 23.2. The van der Waals surface area contributed by atoms with Crippen molar-refractivity contribution in [1.82, 2.24) is 0 Å². The number of unbranched alkanes of at least 4 members (excludes halogenated alkanes) is 2. The maximum absolute atomic E-state index is 6.59. The molecule has 0 spiro atoms. The van der Waals surface area contributed by atoms with Gasteiger partial charge in [0.1, 0.15) is 11.5 Å². The standard InChI is InChI=1S/C38H49BrO2/c1-5-9-14-30(7-3)28-40-37-27-35(23-19-33-20-24-36(39)25-21-33)38(41-29-31(8-4)15-10-6-2)26-34(37)22-18-32-16-12-11-13-17-32/h11-13,16-27,30-31H,5-10,14-15,28-29H2,1-4H3/b22-18+,23-19+/t30-,31+/m1/s1. The van der Waals surface area contributed by atoms with Gasteiger partial charge in [-0.15, -0.1) is 0 Å². The van der Waals surface area contributed by atoms with Crippen molar-refractivity contribution in [2.75, 3.05) is 13.2 Å². The van der Waals surface area contributed by atoms with Gasteiger partial charge in [-0.1, -0.05) is 149 Å². The molecule has 41 heavy (non-hydrogen) atoms. The SMILES string of the molecule is CCCC[C@@H](CC)COc1cc(/C=C/c2ccc(Br)cc2)c(OC[C@@H](CC)CCCC)cc1/C=C/c1ccccc1. The summed E-state index contributed by atoms with van der Waals surface area (Å²) in [5.74, 6) is 2.93. The van der Waals surface area contributed by atoms with E-state index in [0.29, 0.717) is 11.8 Å². The zero-order valence-corrected chi connectivity index (χ0v) is 27.2. The summed E-state index contributed by atoms with van der Waals surface area (Å²) in [5.41, 5.74) is 4.41. The van der Waals surface area contributed by atoms with Crippen LogP contribution in [0.15, 0.2) is 71.2 Å². The van der Waals surface area contributed by atoms with Crippen molar-refractivity contribution in [1.29, 1.82) is 0 Å². The van der Waals surface area contributed by atoms with E-state index in [4.69, 9.17) is 9.47 Å². The van der Waals surface area contributed by atoms with E-state index in [1.165, 1.54) is 44.1 Å². The monoisotopic (exact) mass is 616 g/mol. The molecule has 0 unspecified atom stereocenters. The molecular formula is C38H49BrO2. The van der Waals surface area contributed by atoms with Gasteiger partial charge in [-0.05, 0) is 60.1 Å². The maximum Gasteiger partial charge on any atom is 0.127 e. The fourth-order valence-electron chi connectivity index (χ4n) is 4.82. The van der Waals surface area contributed by atoms with Gasteiger partial charge in [0.25, 0.3) is 0 Å². The third-order valence-electron chi connectivity index (χ3n) is 7.76. The van der Waals surface area contributed by atoms with Crippen molar-refractivity contribution in [3.05, 3.63) is 93.5 Å². The van der Waals surface area contributed by atoms with Gasteiger partial charge in [-0.25, -0.2) is 0 Å².